The predicted octanol–water partition coefficient (Wildman–Crippen LogP) is 2.26. The van der Waals surface area contributed by atoms with Crippen LogP contribution in [0.5, 0.6) is 0 Å². The zero-order chi connectivity index (χ0) is 14.8. The molecule has 2 rings (SSSR count). The van der Waals surface area contributed by atoms with Crippen molar-refractivity contribution in [1.29, 1.82) is 0 Å². The molecular formula is C14H19NO3S2. The number of carbonyl (C=O) groups is 1. The first kappa shape index (κ1) is 15.5. The average molecular weight is 313 g/mol. The number of sulfonamides is 1. The standard InChI is InChI=1S/C14H19NO3S2/c1-19-13-7-5-11(6-8-13)14(16)12-4-3-9-15(10-12)20(2,17)18/h5-8,12H,3-4,9-10H2,1-2H3. The van der Waals surface area contributed by atoms with Gasteiger partial charge >= 0.3 is 0 Å². The highest BCUT2D eigenvalue weighted by Crippen LogP contribution is 2.23. The van der Waals surface area contributed by atoms with Gasteiger partial charge in [-0.3, -0.25) is 4.79 Å². The maximum absolute atomic E-state index is 12.4. The number of rotatable bonds is 4. The number of benzene rings is 1. The molecule has 0 amide bonds. The highest BCUT2D eigenvalue weighted by atomic mass is 32.2. The Morgan fingerprint density at radius 1 is 1.30 bits per heavy atom. The third-order valence-corrected chi connectivity index (χ3v) is 5.61. The quantitative estimate of drug-likeness (QED) is 0.632. The summed E-state index contributed by atoms with van der Waals surface area (Å²) in [7, 11) is -3.21. The third kappa shape index (κ3) is 3.62. The van der Waals surface area contributed by atoms with Gasteiger partial charge in [0, 0.05) is 29.5 Å². The fourth-order valence-corrected chi connectivity index (χ4v) is 3.77. The normalized spacial score (nSPS) is 20.8. The number of Topliss-reactive ketones (excluding diaryl/α,β-unsaturated/α-hetero) is 1. The molecule has 0 spiro atoms. The zero-order valence-corrected chi connectivity index (χ0v) is 13.3. The number of hydrogen-bond acceptors (Lipinski definition) is 4. The van der Waals surface area contributed by atoms with Crippen LogP contribution in [0.2, 0.25) is 0 Å². The molecule has 0 radical (unpaired) electrons. The van der Waals surface area contributed by atoms with E-state index in [0.29, 0.717) is 18.7 Å². The lowest BCUT2D eigenvalue weighted by Crippen LogP contribution is -2.41. The van der Waals surface area contributed by atoms with Gasteiger partial charge in [-0.25, -0.2) is 12.7 Å². The first-order valence-electron chi connectivity index (χ1n) is 6.55. The van der Waals surface area contributed by atoms with Crippen molar-refractivity contribution in [1.82, 2.24) is 4.31 Å². The van der Waals surface area contributed by atoms with Crippen molar-refractivity contribution < 1.29 is 13.2 Å². The monoisotopic (exact) mass is 313 g/mol. The van der Waals surface area contributed by atoms with E-state index in [9.17, 15) is 13.2 Å². The number of nitrogens with zero attached hydrogens (tertiary/aromatic N) is 1. The summed E-state index contributed by atoms with van der Waals surface area (Å²) in [5.41, 5.74) is 0.670. The highest BCUT2D eigenvalue weighted by Gasteiger charge is 2.30. The van der Waals surface area contributed by atoms with Gasteiger partial charge in [0.25, 0.3) is 0 Å². The molecule has 20 heavy (non-hydrogen) atoms. The van der Waals surface area contributed by atoms with Crippen LogP contribution in [0.1, 0.15) is 23.2 Å². The summed E-state index contributed by atoms with van der Waals surface area (Å²) in [6.07, 6.45) is 4.69. The topological polar surface area (TPSA) is 54.5 Å². The van der Waals surface area contributed by atoms with E-state index in [4.69, 9.17) is 0 Å². The Morgan fingerprint density at radius 3 is 2.50 bits per heavy atom. The summed E-state index contributed by atoms with van der Waals surface area (Å²) in [4.78, 5) is 13.6. The Bertz CT molecular complexity index is 581. The molecule has 0 N–H and O–H groups in total. The van der Waals surface area contributed by atoms with E-state index in [1.165, 1.54) is 10.6 Å². The van der Waals surface area contributed by atoms with Crippen molar-refractivity contribution in [3.63, 3.8) is 0 Å². The molecule has 1 heterocycles. The smallest absolute Gasteiger partial charge is 0.211 e. The molecule has 1 saturated heterocycles. The van der Waals surface area contributed by atoms with E-state index in [1.54, 1.807) is 11.8 Å². The average Bonchev–Trinajstić information content (AvgIpc) is 2.46. The second-order valence-electron chi connectivity index (χ2n) is 5.05. The first-order chi connectivity index (χ1) is 9.41. The lowest BCUT2D eigenvalue weighted by Gasteiger charge is -2.30. The molecule has 1 aromatic carbocycles. The summed E-state index contributed by atoms with van der Waals surface area (Å²) >= 11 is 1.63. The molecule has 0 aromatic heterocycles. The molecule has 0 aliphatic carbocycles. The Morgan fingerprint density at radius 2 is 1.95 bits per heavy atom. The molecule has 1 aliphatic heterocycles. The van der Waals surface area contributed by atoms with Crippen LogP contribution in [-0.2, 0) is 10.0 Å². The molecule has 6 heteroatoms. The zero-order valence-electron chi connectivity index (χ0n) is 11.7. The van der Waals surface area contributed by atoms with Crippen molar-refractivity contribution >= 4 is 27.6 Å². The molecular weight excluding hydrogens is 294 g/mol. The van der Waals surface area contributed by atoms with Gasteiger partial charge in [0.05, 0.1) is 6.26 Å². The minimum atomic E-state index is -3.21. The SMILES string of the molecule is CSc1ccc(C(=O)C2CCCN(S(C)(=O)=O)C2)cc1. The number of thioether (sulfide) groups is 1. The van der Waals surface area contributed by atoms with Crippen LogP contribution in [0.3, 0.4) is 0 Å². The fraction of sp³-hybridized carbons (Fsp3) is 0.500. The number of ketones is 1. The second kappa shape index (κ2) is 6.28. The van der Waals surface area contributed by atoms with Crippen LogP contribution in [0.15, 0.2) is 29.2 Å². The van der Waals surface area contributed by atoms with Crippen molar-refractivity contribution in [3.05, 3.63) is 29.8 Å². The highest BCUT2D eigenvalue weighted by molar-refractivity contribution is 7.98. The van der Waals surface area contributed by atoms with Crippen molar-refractivity contribution in [2.75, 3.05) is 25.6 Å². The van der Waals surface area contributed by atoms with Gasteiger partial charge < -0.3 is 0 Å². The summed E-state index contributed by atoms with van der Waals surface area (Å²) in [5, 5.41) is 0. The van der Waals surface area contributed by atoms with Gasteiger partial charge in [-0.05, 0) is 31.2 Å². The van der Waals surface area contributed by atoms with Crippen molar-refractivity contribution in [3.8, 4) is 0 Å². The van der Waals surface area contributed by atoms with Crippen LogP contribution < -0.4 is 0 Å². The van der Waals surface area contributed by atoms with Crippen LogP contribution in [0.25, 0.3) is 0 Å². The molecule has 110 valence electrons. The van der Waals surface area contributed by atoms with Gasteiger partial charge in [-0.1, -0.05) is 12.1 Å². The van der Waals surface area contributed by atoms with Crippen molar-refractivity contribution in [2.24, 2.45) is 5.92 Å². The molecule has 0 bridgehead atoms. The molecule has 1 aromatic rings. The second-order valence-corrected chi connectivity index (χ2v) is 7.92. The molecule has 4 nitrogen and oxygen atoms in total. The van der Waals surface area contributed by atoms with Crippen LogP contribution in [0, 0.1) is 5.92 Å². The predicted molar refractivity (Wildman–Crippen MR) is 81.7 cm³/mol. The van der Waals surface area contributed by atoms with Gasteiger partial charge in [0.2, 0.25) is 10.0 Å². The lowest BCUT2D eigenvalue weighted by atomic mass is 9.91. The number of carbonyl (C=O) groups excluding carboxylic acids is 1. The Labute approximate surface area is 124 Å². The van der Waals surface area contributed by atoms with E-state index in [0.717, 1.165) is 17.7 Å². The van der Waals surface area contributed by atoms with Crippen LogP contribution in [0.4, 0.5) is 0 Å². The maximum Gasteiger partial charge on any atom is 0.211 e. The van der Waals surface area contributed by atoms with E-state index in [-0.39, 0.29) is 11.7 Å². The Balaban J connectivity index is 2.12. The largest absolute Gasteiger partial charge is 0.294 e. The van der Waals surface area contributed by atoms with Gasteiger partial charge in [0.1, 0.15) is 0 Å². The maximum atomic E-state index is 12.4. The molecule has 1 atom stereocenters. The van der Waals surface area contributed by atoms with Crippen molar-refractivity contribution in [2.45, 2.75) is 17.7 Å². The van der Waals surface area contributed by atoms with Gasteiger partial charge in [-0.2, -0.15) is 0 Å². The van der Waals surface area contributed by atoms with Crippen LogP contribution >= 0.6 is 11.8 Å². The molecule has 1 fully saturated rings. The van der Waals surface area contributed by atoms with Gasteiger partial charge in [0.15, 0.2) is 5.78 Å². The lowest BCUT2D eigenvalue weighted by molar-refractivity contribution is 0.0872. The Kier molecular flexibility index (Phi) is 4.88. The summed E-state index contributed by atoms with van der Waals surface area (Å²) in [6.45, 7) is 0.829. The van der Waals surface area contributed by atoms with Crippen LogP contribution in [-0.4, -0.2) is 44.1 Å². The third-order valence-electron chi connectivity index (χ3n) is 3.60. The molecule has 1 unspecified atom stereocenters. The fourth-order valence-electron chi connectivity index (χ4n) is 2.45. The number of hydrogen-bond donors (Lipinski definition) is 0. The number of piperidine rings is 1. The molecule has 1 aliphatic rings. The minimum Gasteiger partial charge on any atom is -0.294 e. The summed E-state index contributed by atoms with van der Waals surface area (Å²) in [5.74, 6) is -0.176. The minimum absolute atomic E-state index is 0.0472. The van der Waals surface area contributed by atoms with Gasteiger partial charge in [-0.15, -0.1) is 11.8 Å². The Hall–Kier alpha value is -0.850. The molecule has 0 saturated carbocycles. The van der Waals surface area contributed by atoms with E-state index < -0.39 is 10.0 Å². The van der Waals surface area contributed by atoms with E-state index in [1.807, 2.05) is 30.5 Å². The summed E-state index contributed by atoms with van der Waals surface area (Å²) < 4.78 is 24.6. The summed E-state index contributed by atoms with van der Waals surface area (Å²) in [6, 6.07) is 7.51. The van der Waals surface area contributed by atoms with E-state index >= 15 is 0 Å². The van der Waals surface area contributed by atoms with E-state index in [2.05, 4.69) is 0 Å². The first-order valence-corrected chi connectivity index (χ1v) is 9.62.